The van der Waals surface area contributed by atoms with E-state index in [4.69, 9.17) is 10.5 Å². The van der Waals surface area contributed by atoms with Gasteiger partial charge >= 0.3 is 6.61 Å². The maximum absolute atomic E-state index is 12.1. The Kier molecular flexibility index (Phi) is 5.11. The number of nitrogens with two attached hydrogens (primary N) is 1. The van der Waals surface area contributed by atoms with Crippen LogP contribution in [0.5, 0.6) is 11.5 Å². The van der Waals surface area contributed by atoms with Crippen LogP contribution in [0.2, 0.25) is 0 Å². The molecule has 0 aliphatic rings. The van der Waals surface area contributed by atoms with Crippen LogP contribution in [0.15, 0.2) is 48.5 Å². The lowest BCUT2D eigenvalue weighted by atomic mass is 9.99. The molecule has 1 atom stereocenters. The van der Waals surface area contributed by atoms with Gasteiger partial charge in [0, 0.05) is 0 Å². The Morgan fingerprint density at radius 2 is 1.38 bits per heavy atom. The minimum atomic E-state index is -2.82. The van der Waals surface area contributed by atoms with E-state index in [1.54, 1.807) is 12.1 Å². The highest BCUT2D eigenvalue weighted by molar-refractivity contribution is 5.37. The van der Waals surface area contributed by atoms with Crippen LogP contribution in [-0.2, 0) is 0 Å². The number of alkyl halides is 2. The second-order valence-electron chi connectivity index (χ2n) is 4.43. The predicted octanol–water partition coefficient (Wildman–Crippen LogP) is 3.73. The highest BCUT2D eigenvalue weighted by Gasteiger charge is 2.10. The quantitative estimate of drug-likeness (QED) is 0.882. The predicted molar refractivity (Wildman–Crippen MR) is 76.7 cm³/mol. The summed E-state index contributed by atoms with van der Waals surface area (Å²) in [5.74, 6) is 0.904. The van der Waals surface area contributed by atoms with E-state index in [1.807, 2.05) is 31.2 Å². The van der Waals surface area contributed by atoms with Crippen molar-refractivity contribution in [3.63, 3.8) is 0 Å². The monoisotopic (exact) mass is 293 g/mol. The van der Waals surface area contributed by atoms with E-state index in [0.29, 0.717) is 6.61 Å². The van der Waals surface area contributed by atoms with Gasteiger partial charge in [-0.25, -0.2) is 0 Å². The largest absolute Gasteiger partial charge is 0.494 e. The summed E-state index contributed by atoms with van der Waals surface area (Å²) in [7, 11) is 0. The first-order valence-corrected chi connectivity index (χ1v) is 6.63. The van der Waals surface area contributed by atoms with Crippen molar-refractivity contribution in [1.82, 2.24) is 0 Å². The van der Waals surface area contributed by atoms with Gasteiger partial charge in [-0.3, -0.25) is 0 Å². The van der Waals surface area contributed by atoms with Crippen molar-refractivity contribution in [3.8, 4) is 11.5 Å². The Hall–Kier alpha value is -2.14. The topological polar surface area (TPSA) is 44.5 Å². The fraction of sp³-hybridized carbons (Fsp3) is 0.250. The van der Waals surface area contributed by atoms with Gasteiger partial charge < -0.3 is 15.2 Å². The normalized spacial score (nSPS) is 12.2. The van der Waals surface area contributed by atoms with Crippen LogP contribution in [0.25, 0.3) is 0 Å². The van der Waals surface area contributed by atoms with Gasteiger partial charge in [0.1, 0.15) is 11.5 Å². The molecule has 1 unspecified atom stereocenters. The molecule has 3 nitrogen and oxygen atoms in total. The van der Waals surface area contributed by atoms with Crippen LogP contribution >= 0.6 is 0 Å². The third kappa shape index (κ3) is 4.16. The Bertz CT molecular complexity index is 555. The van der Waals surface area contributed by atoms with Crippen molar-refractivity contribution in [2.24, 2.45) is 5.73 Å². The fourth-order valence-corrected chi connectivity index (χ4v) is 1.99. The molecule has 0 saturated heterocycles. The van der Waals surface area contributed by atoms with Gasteiger partial charge in [-0.15, -0.1) is 0 Å². The Morgan fingerprint density at radius 3 is 1.81 bits per heavy atom. The molecular formula is C16H17F2NO2. The summed E-state index contributed by atoms with van der Waals surface area (Å²) in [5.41, 5.74) is 7.90. The molecule has 112 valence electrons. The van der Waals surface area contributed by atoms with Crippen LogP contribution < -0.4 is 15.2 Å². The zero-order valence-corrected chi connectivity index (χ0v) is 11.6. The molecule has 2 aromatic rings. The molecule has 0 aromatic heterocycles. The molecule has 0 radical (unpaired) electrons. The highest BCUT2D eigenvalue weighted by atomic mass is 19.3. The molecule has 0 amide bonds. The van der Waals surface area contributed by atoms with Crippen molar-refractivity contribution in [1.29, 1.82) is 0 Å². The van der Waals surface area contributed by atoms with Crippen LogP contribution in [0, 0.1) is 0 Å². The molecule has 2 N–H and O–H groups in total. The zero-order valence-electron chi connectivity index (χ0n) is 11.6. The molecular weight excluding hydrogens is 276 g/mol. The summed E-state index contributed by atoms with van der Waals surface area (Å²) in [4.78, 5) is 0. The van der Waals surface area contributed by atoms with Crippen molar-refractivity contribution in [2.45, 2.75) is 19.6 Å². The SMILES string of the molecule is CCOc1ccc(C(N)c2ccc(OC(F)F)cc2)cc1. The van der Waals surface area contributed by atoms with Gasteiger partial charge in [0.2, 0.25) is 0 Å². The summed E-state index contributed by atoms with van der Waals surface area (Å²) in [6.07, 6.45) is 0. The number of rotatable bonds is 6. The second kappa shape index (κ2) is 7.04. The fourth-order valence-electron chi connectivity index (χ4n) is 1.99. The standard InChI is InChI=1S/C16H17F2NO2/c1-2-20-13-7-3-11(4-8-13)15(19)12-5-9-14(10-6-12)21-16(17)18/h3-10,15-16H,2,19H2,1H3. The van der Waals surface area contributed by atoms with Gasteiger partial charge in [0.05, 0.1) is 12.6 Å². The summed E-state index contributed by atoms with van der Waals surface area (Å²) in [5, 5.41) is 0. The van der Waals surface area contributed by atoms with Gasteiger partial charge in [0.15, 0.2) is 0 Å². The molecule has 0 spiro atoms. The smallest absolute Gasteiger partial charge is 0.387 e. The van der Waals surface area contributed by atoms with E-state index in [0.717, 1.165) is 16.9 Å². The Balaban J connectivity index is 2.09. The number of hydrogen-bond acceptors (Lipinski definition) is 3. The van der Waals surface area contributed by atoms with Crippen LogP contribution in [0.3, 0.4) is 0 Å². The lowest BCUT2D eigenvalue weighted by Crippen LogP contribution is -2.11. The highest BCUT2D eigenvalue weighted by Crippen LogP contribution is 2.24. The molecule has 0 aliphatic heterocycles. The van der Waals surface area contributed by atoms with E-state index < -0.39 is 6.61 Å². The average molecular weight is 293 g/mol. The van der Waals surface area contributed by atoms with Crippen molar-refractivity contribution < 1.29 is 18.3 Å². The Morgan fingerprint density at radius 1 is 0.905 bits per heavy atom. The van der Waals surface area contributed by atoms with Crippen molar-refractivity contribution in [3.05, 3.63) is 59.7 Å². The van der Waals surface area contributed by atoms with E-state index in [1.165, 1.54) is 12.1 Å². The lowest BCUT2D eigenvalue weighted by Gasteiger charge is -2.14. The molecule has 2 rings (SSSR count). The minimum Gasteiger partial charge on any atom is -0.494 e. The first-order valence-electron chi connectivity index (χ1n) is 6.63. The summed E-state index contributed by atoms with van der Waals surface area (Å²) in [6, 6.07) is 13.5. The maximum atomic E-state index is 12.1. The lowest BCUT2D eigenvalue weighted by molar-refractivity contribution is -0.0498. The third-order valence-electron chi connectivity index (χ3n) is 3.01. The van der Waals surface area contributed by atoms with Gasteiger partial charge in [-0.1, -0.05) is 24.3 Å². The van der Waals surface area contributed by atoms with Gasteiger partial charge in [-0.2, -0.15) is 8.78 Å². The third-order valence-corrected chi connectivity index (χ3v) is 3.01. The van der Waals surface area contributed by atoms with E-state index in [-0.39, 0.29) is 11.8 Å². The molecule has 0 saturated carbocycles. The van der Waals surface area contributed by atoms with Gasteiger partial charge in [0.25, 0.3) is 0 Å². The summed E-state index contributed by atoms with van der Waals surface area (Å²) in [6.45, 7) is -0.296. The molecule has 0 fully saturated rings. The number of halogens is 2. The molecule has 0 heterocycles. The van der Waals surface area contributed by atoms with Crippen LogP contribution in [0.4, 0.5) is 8.78 Å². The number of ether oxygens (including phenoxy) is 2. The average Bonchev–Trinajstić information content (AvgIpc) is 2.48. The Labute approximate surface area is 122 Å². The number of benzene rings is 2. The molecule has 0 aliphatic carbocycles. The van der Waals surface area contributed by atoms with Crippen LogP contribution in [0.1, 0.15) is 24.1 Å². The minimum absolute atomic E-state index is 0.118. The van der Waals surface area contributed by atoms with Gasteiger partial charge in [-0.05, 0) is 42.3 Å². The van der Waals surface area contributed by atoms with Crippen molar-refractivity contribution in [2.75, 3.05) is 6.61 Å². The number of hydrogen-bond donors (Lipinski definition) is 1. The molecule has 5 heteroatoms. The molecule has 21 heavy (non-hydrogen) atoms. The van der Waals surface area contributed by atoms with E-state index >= 15 is 0 Å². The molecule has 2 aromatic carbocycles. The van der Waals surface area contributed by atoms with Crippen LogP contribution in [-0.4, -0.2) is 13.2 Å². The first-order chi connectivity index (χ1) is 10.1. The first kappa shape index (κ1) is 15.3. The van der Waals surface area contributed by atoms with E-state index in [2.05, 4.69) is 4.74 Å². The maximum Gasteiger partial charge on any atom is 0.387 e. The molecule has 0 bridgehead atoms. The second-order valence-corrected chi connectivity index (χ2v) is 4.43. The summed E-state index contributed by atoms with van der Waals surface area (Å²) >= 11 is 0. The van der Waals surface area contributed by atoms with Crippen molar-refractivity contribution >= 4 is 0 Å². The summed E-state index contributed by atoms with van der Waals surface area (Å²) < 4.78 is 33.9. The van der Waals surface area contributed by atoms with E-state index in [9.17, 15) is 8.78 Å². The zero-order chi connectivity index (χ0) is 15.2.